The number of aromatic nitrogens is 1. The monoisotopic (exact) mass is 234 g/mol. The highest BCUT2D eigenvalue weighted by atomic mass is 16.4. The summed E-state index contributed by atoms with van der Waals surface area (Å²) < 4.78 is 0. The van der Waals surface area contributed by atoms with Crippen molar-refractivity contribution in [3.63, 3.8) is 0 Å². The van der Waals surface area contributed by atoms with Gasteiger partial charge < -0.3 is 10.0 Å². The number of likely N-dealkylation sites (N-methyl/N-ethyl adjacent to an activating group) is 1. The van der Waals surface area contributed by atoms with Gasteiger partial charge in [0.15, 0.2) is 0 Å². The Morgan fingerprint density at radius 3 is 2.65 bits per heavy atom. The number of carbonyl (C=O) groups excluding carboxylic acids is 1. The number of hydrogen-bond acceptors (Lipinski definition) is 3. The first kappa shape index (κ1) is 12.9. The fourth-order valence-electron chi connectivity index (χ4n) is 1.38. The molecule has 1 heterocycles. The van der Waals surface area contributed by atoms with E-state index in [1.54, 1.807) is 20.0 Å². The third kappa shape index (κ3) is 2.90. The third-order valence-corrected chi connectivity index (χ3v) is 2.28. The van der Waals surface area contributed by atoms with E-state index in [2.05, 4.69) is 11.6 Å². The number of aryl methyl sites for hydroxylation is 1. The fraction of sp³-hybridized carbons (Fsp3) is 0.250. The van der Waals surface area contributed by atoms with Gasteiger partial charge in [-0.3, -0.25) is 4.79 Å². The molecule has 1 aromatic rings. The molecule has 0 aliphatic rings. The third-order valence-electron chi connectivity index (χ3n) is 2.28. The van der Waals surface area contributed by atoms with E-state index in [1.165, 1.54) is 17.0 Å². The van der Waals surface area contributed by atoms with Crippen LogP contribution in [0.4, 0.5) is 0 Å². The van der Waals surface area contributed by atoms with Crippen LogP contribution in [0, 0.1) is 6.92 Å². The van der Waals surface area contributed by atoms with Crippen molar-refractivity contribution in [1.82, 2.24) is 9.88 Å². The maximum Gasteiger partial charge on any atom is 0.337 e. The first-order valence-corrected chi connectivity index (χ1v) is 5.04. The number of pyridine rings is 1. The van der Waals surface area contributed by atoms with Gasteiger partial charge in [-0.25, -0.2) is 9.78 Å². The molecule has 5 nitrogen and oxygen atoms in total. The van der Waals surface area contributed by atoms with Gasteiger partial charge in [0.2, 0.25) is 0 Å². The maximum atomic E-state index is 11.8. The number of nitrogens with zero attached hydrogens (tertiary/aromatic N) is 2. The van der Waals surface area contributed by atoms with Gasteiger partial charge in [0.05, 0.1) is 11.3 Å². The lowest BCUT2D eigenvalue weighted by Crippen LogP contribution is -2.27. The molecule has 0 saturated heterocycles. The molecule has 0 atom stereocenters. The standard InChI is InChI=1S/C12H14N2O3/c1-4-7-14(3)11(15)10-6-5-9(12(16)17)8(2)13-10/h4-6H,1,7H2,2-3H3,(H,16,17). The Kier molecular flexibility index (Phi) is 3.98. The SMILES string of the molecule is C=CCN(C)C(=O)c1ccc(C(=O)O)c(C)n1. The average Bonchev–Trinajstić information content (AvgIpc) is 2.27. The molecule has 0 saturated carbocycles. The van der Waals surface area contributed by atoms with Crippen molar-refractivity contribution < 1.29 is 14.7 Å². The van der Waals surface area contributed by atoms with E-state index in [1.807, 2.05) is 0 Å². The quantitative estimate of drug-likeness (QED) is 0.798. The summed E-state index contributed by atoms with van der Waals surface area (Å²) in [5, 5.41) is 8.84. The van der Waals surface area contributed by atoms with Gasteiger partial charge in [-0.2, -0.15) is 0 Å². The van der Waals surface area contributed by atoms with Gasteiger partial charge in [0, 0.05) is 13.6 Å². The van der Waals surface area contributed by atoms with Crippen molar-refractivity contribution in [2.24, 2.45) is 0 Å². The second-order valence-electron chi connectivity index (χ2n) is 3.61. The van der Waals surface area contributed by atoms with Crippen LogP contribution in [0.25, 0.3) is 0 Å². The summed E-state index contributed by atoms with van der Waals surface area (Å²) in [5.41, 5.74) is 0.667. The van der Waals surface area contributed by atoms with Crippen LogP contribution in [0.5, 0.6) is 0 Å². The van der Waals surface area contributed by atoms with Gasteiger partial charge in [-0.15, -0.1) is 6.58 Å². The van der Waals surface area contributed by atoms with Crippen LogP contribution in [0.15, 0.2) is 24.8 Å². The average molecular weight is 234 g/mol. The zero-order chi connectivity index (χ0) is 13.0. The lowest BCUT2D eigenvalue weighted by Gasteiger charge is -2.14. The molecule has 1 rings (SSSR count). The minimum absolute atomic E-state index is 0.105. The van der Waals surface area contributed by atoms with Crippen LogP contribution in [0.2, 0.25) is 0 Å². The molecule has 0 spiro atoms. The number of carboxylic acids is 1. The molecule has 1 aromatic heterocycles. The van der Waals surface area contributed by atoms with Gasteiger partial charge >= 0.3 is 5.97 Å². The van der Waals surface area contributed by atoms with Crippen LogP contribution in [0.1, 0.15) is 26.5 Å². The number of aromatic carboxylic acids is 1. The topological polar surface area (TPSA) is 70.5 Å². The number of rotatable bonds is 4. The summed E-state index contributed by atoms with van der Waals surface area (Å²) in [6.07, 6.45) is 1.61. The van der Waals surface area contributed by atoms with E-state index in [0.717, 1.165) is 0 Å². The molecule has 0 aromatic carbocycles. The van der Waals surface area contributed by atoms with E-state index >= 15 is 0 Å². The summed E-state index contributed by atoms with van der Waals surface area (Å²) in [6.45, 7) is 5.52. The predicted molar refractivity (Wildman–Crippen MR) is 63.1 cm³/mol. The molecule has 5 heteroatoms. The number of carboxylic acid groups (broad SMARTS) is 1. The van der Waals surface area contributed by atoms with Gasteiger partial charge in [0.1, 0.15) is 5.69 Å². The minimum atomic E-state index is -1.05. The summed E-state index contributed by atoms with van der Waals surface area (Å²) in [5.74, 6) is -1.31. The molecule has 0 unspecified atom stereocenters. The molecule has 1 N–H and O–H groups in total. The molecule has 0 bridgehead atoms. The molecule has 0 fully saturated rings. The van der Waals surface area contributed by atoms with Crippen molar-refractivity contribution in [3.05, 3.63) is 41.7 Å². The van der Waals surface area contributed by atoms with Crippen LogP contribution >= 0.6 is 0 Å². The van der Waals surface area contributed by atoms with E-state index in [4.69, 9.17) is 5.11 Å². The second kappa shape index (κ2) is 5.25. The van der Waals surface area contributed by atoms with Crippen molar-refractivity contribution in [1.29, 1.82) is 0 Å². The molecule has 90 valence electrons. The largest absolute Gasteiger partial charge is 0.478 e. The Bertz CT molecular complexity index is 469. The van der Waals surface area contributed by atoms with Crippen molar-refractivity contribution in [3.8, 4) is 0 Å². The summed E-state index contributed by atoms with van der Waals surface area (Å²) >= 11 is 0. The van der Waals surface area contributed by atoms with E-state index < -0.39 is 5.97 Å². The van der Waals surface area contributed by atoms with Crippen molar-refractivity contribution >= 4 is 11.9 Å². The first-order valence-electron chi connectivity index (χ1n) is 5.04. The number of carbonyl (C=O) groups is 2. The summed E-state index contributed by atoms with van der Waals surface area (Å²) in [7, 11) is 1.63. The highest BCUT2D eigenvalue weighted by Crippen LogP contribution is 2.08. The van der Waals surface area contributed by atoms with E-state index in [-0.39, 0.29) is 17.2 Å². The Balaban J connectivity index is 3.01. The van der Waals surface area contributed by atoms with Gasteiger partial charge in [-0.05, 0) is 19.1 Å². The minimum Gasteiger partial charge on any atom is -0.478 e. The lowest BCUT2D eigenvalue weighted by atomic mass is 10.2. The molecular formula is C12H14N2O3. The first-order chi connectivity index (χ1) is 7.97. The lowest BCUT2D eigenvalue weighted by molar-refractivity contribution is 0.0693. The second-order valence-corrected chi connectivity index (χ2v) is 3.61. The van der Waals surface area contributed by atoms with Crippen LogP contribution < -0.4 is 0 Å². The van der Waals surface area contributed by atoms with Crippen molar-refractivity contribution in [2.75, 3.05) is 13.6 Å². The van der Waals surface area contributed by atoms with E-state index in [9.17, 15) is 9.59 Å². The zero-order valence-corrected chi connectivity index (χ0v) is 9.80. The number of hydrogen-bond donors (Lipinski definition) is 1. The van der Waals surface area contributed by atoms with Crippen LogP contribution in [-0.4, -0.2) is 40.5 Å². The molecule has 0 radical (unpaired) electrons. The highest BCUT2D eigenvalue weighted by Gasteiger charge is 2.15. The summed E-state index contributed by atoms with van der Waals surface area (Å²) in [4.78, 5) is 28.1. The predicted octanol–water partition coefficient (Wildman–Crippen LogP) is 1.35. The Morgan fingerprint density at radius 1 is 1.53 bits per heavy atom. The number of amides is 1. The van der Waals surface area contributed by atoms with Gasteiger partial charge in [-0.1, -0.05) is 6.08 Å². The fourth-order valence-corrected chi connectivity index (χ4v) is 1.38. The molecule has 17 heavy (non-hydrogen) atoms. The highest BCUT2D eigenvalue weighted by molar-refractivity contribution is 5.94. The Hall–Kier alpha value is -2.17. The van der Waals surface area contributed by atoms with Crippen LogP contribution in [-0.2, 0) is 0 Å². The maximum absolute atomic E-state index is 11.8. The summed E-state index contributed by atoms with van der Waals surface area (Å²) in [6, 6.07) is 2.80. The molecule has 0 aliphatic heterocycles. The van der Waals surface area contributed by atoms with Crippen LogP contribution in [0.3, 0.4) is 0 Å². The smallest absolute Gasteiger partial charge is 0.337 e. The normalized spacial score (nSPS) is 9.76. The zero-order valence-electron chi connectivity index (χ0n) is 9.80. The molecule has 1 amide bonds. The van der Waals surface area contributed by atoms with E-state index in [0.29, 0.717) is 12.2 Å². The Labute approximate surface area is 99.4 Å². The van der Waals surface area contributed by atoms with Crippen molar-refractivity contribution in [2.45, 2.75) is 6.92 Å². The molecular weight excluding hydrogens is 220 g/mol. The molecule has 0 aliphatic carbocycles. The Morgan fingerprint density at radius 2 is 2.18 bits per heavy atom. The van der Waals surface area contributed by atoms with Gasteiger partial charge in [0.25, 0.3) is 5.91 Å².